The highest BCUT2D eigenvalue weighted by Gasteiger charge is 2.70. The lowest BCUT2D eigenvalue weighted by atomic mass is 9.47. The van der Waals surface area contributed by atoms with Crippen LogP contribution < -0.4 is 4.90 Å². The normalized spacial score (nSPS) is 28.1. The first kappa shape index (κ1) is 23.1. The standard InChI is InChI=1S/C28H38BNO2/c1-8-19-27(7)23-17-13-14-18-24(23)30(20-9-2)28(27,21-22-15-11-10-12-16-22)29-31-25(3,4)26(5,6)32-29/h8,10-18H,1,9,19-21H2,2-7H3/t27-,28+/m1/s1. The molecule has 1 fully saturated rings. The van der Waals surface area contributed by atoms with Gasteiger partial charge in [0.05, 0.1) is 16.6 Å². The average molecular weight is 431 g/mol. The number of fused-ring (bicyclic) bond motifs is 1. The molecule has 4 rings (SSSR count). The summed E-state index contributed by atoms with van der Waals surface area (Å²) >= 11 is 0. The van der Waals surface area contributed by atoms with E-state index in [2.05, 4.69) is 114 Å². The third-order valence-electron chi connectivity index (χ3n) is 8.19. The second kappa shape index (κ2) is 8.07. The van der Waals surface area contributed by atoms with Gasteiger partial charge in [0.1, 0.15) is 0 Å². The molecule has 0 aromatic heterocycles. The number of hydrogen-bond donors (Lipinski definition) is 0. The Balaban J connectivity index is 1.99. The van der Waals surface area contributed by atoms with Crippen LogP contribution in [0.2, 0.25) is 0 Å². The maximum atomic E-state index is 6.87. The predicted octanol–water partition coefficient (Wildman–Crippen LogP) is 6.36. The molecule has 32 heavy (non-hydrogen) atoms. The highest BCUT2D eigenvalue weighted by atomic mass is 16.7. The summed E-state index contributed by atoms with van der Waals surface area (Å²) in [5, 5.41) is 0. The zero-order valence-corrected chi connectivity index (χ0v) is 20.7. The molecule has 0 radical (unpaired) electrons. The van der Waals surface area contributed by atoms with Crippen molar-refractivity contribution in [2.45, 2.75) is 82.9 Å². The van der Waals surface area contributed by atoms with E-state index < -0.39 is 16.6 Å². The molecule has 2 aliphatic heterocycles. The lowest BCUT2D eigenvalue weighted by Crippen LogP contribution is -2.69. The molecule has 4 heteroatoms. The molecule has 2 aromatic carbocycles. The van der Waals surface area contributed by atoms with Gasteiger partial charge in [0.2, 0.25) is 0 Å². The molecule has 170 valence electrons. The Morgan fingerprint density at radius 1 is 0.906 bits per heavy atom. The fourth-order valence-electron chi connectivity index (χ4n) is 5.75. The van der Waals surface area contributed by atoms with Gasteiger partial charge in [0, 0.05) is 17.6 Å². The second-order valence-corrected chi connectivity index (χ2v) is 10.7. The summed E-state index contributed by atoms with van der Waals surface area (Å²) in [6, 6.07) is 19.7. The molecular weight excluding hydrogens is 393 g/mol. The van der Waals surface area contributed by atoms with E-state index in [0.29, 0.717) is 0 Å². The van der Waals surface area contributed by atoms with E-state index >= 15 is 0 Å². The molecule has 2 heterocycles. The van der Waals surface area contributed by atoms with Crippen LogP contribution in [-0.2, 0) is 21.1 Å². The van der Waals surface area contributed by atoms with Crippen LogP contribution in [0.4, 0.5) is 5.69 Å². The summed E-state index contributed by atoms with van der Waals surface area (Å²) in [5.41, 5.74) is 2.52. The Kier molecular flexibility index (Phi) is 5.84. The van der Waals surface area contributed by atoms with Crippen molar-refractivity contribution < 1.29 is 9.31 Å². The van der Waals surface area contributed by atoms with E-state index in [1.54, 1.807) is 0 Å². The lowest BCUT2D eigenvalue weighted by Gasteiger charge is -2.50. The number of para-hydroxylation sites is 1. The summed E-state index contributed by atoms with van der Waals surface area (Å²) in [6.07, 6.45) is 4.80. The summed E-state index contributed by atoms with van der Waals surface area (Å²) in [6.45, 7) is 18.4. The molecule has 0 saturated carbocycles. The Labute approximate surface area is 195 Å². The van der Waals surface area contributed by atoms with Crippen molar-refractivity contribution >= 4 is 12.8 Å². The number of nitrogens with zero attached hydrogens (tertiary/aromatic N) is 1. The Bertz CT molecular complexity index is 956. The van der Waals surface area contributed by atoms with E-state index in [9.17, 15) is 0 Å². The summed E-state index contributed by atoms with van der Waals surface area (Å²) in [4.78, 5) is 2.60. The number of rotatable bonds is 7. The van der Waals surface area contributed by atoms with E-state index in [1.807, 2.05) is 0 Å². The van der Waals surface area contributed by atoms with Crippen molar-refractivity contribution in [2.75, 3.05) is 11.4 Å². The van der Waals surface area contributed by atoms with E-state index in [-0.39, 0.29) is 12.5 Å². The molecule has 2 aromatic rings. The predicted molar refractivity (Wildman–Crippen MR) is 135 cm³/mol. The minimum Gasteiger partial charge on any atom is -0.402 e. The Morgan fingerprint density at radius 2 is 1.50 bits per heavy atom. The van der Waals surface area contributed by atoms with Gasteiger partial charge in [-0.2, -0.15) is 0 Å². The smallest absolute Gasteiger partial charge is 0.402 e. The lowest BCUT2D eigenvalue weighted by molar-refractivity contribution is 0.00578. The molecule has 1 saturated heterocycles. The van der Waals surface area contributed by atoms with Crippen LogP contribution in [0.25, 0.3) is 0 Å². The molecule has 0 N–H and O–H groups in total. The number of allylic oxidation sites excluding steroid dienone is 1. The van der Waals surface area contributed by atoms with Crippen LogP contribution in [0.15, 0.2) is 67.3 Å². The van der Waals surface area contributed by atoms with Crippen molar-refractivity contribution in [3.63, 3.8) is 0 Å². The molecular formula is C28H38BNO2. The highest BCUT2D eigenvalue weighted by molar-refractivity contribution is 6.52. The Hall–Kier alpha value is -2.04. The summed E-state index contributed by atoms with van der Waals surface area (Å²) in [5.74, 6) is 0. The van der Waals surface area contributed by atoms with E-state index in [4.69, 9.17) is 9.31 Å². The molecule has 0 unspecified atom stereocenters. The van der Waals surface area contributed by atoms with Crippen molar-refractivity contribution in [3.8, 4) is 0 Å². The van der Waals surface area contributed by atoms with Crippen LogP contribution in [0.1, 0.15) is 65.5 Å². The maximum Gasteiger partial charge on any atom is 0.486 e. The fraction of sp³-hybridized carbons (Fsp3) is 0.500. The number of benzene rings is 2. The third-order valence-corrected chi connectivity index (χ3v) is 8.19. The third kappa shape index (κ3) is 3.26. The first-order valence-electron chi connectivity index (χ1n) is 12.0. The number of hydrogen-bond acceptors (Lipinski definition) is 3. The molecule has 0 spiro atoms. The minimum atomic E-state index is -0.409. The minimum absolute atomic E-state index is 0.225. The van der Waals surface area contributed by atoms with Gasteiger partial charge in [0.25, 0.3) is 0 Å². The van der Waals surface area contributed by atoms with Crippen LogP contribution in [0.3, 0.4) is 0 Å². The van der Waals surface area contributed by atoms with Gasteiger partial charge in [-0.3, -0.25) is 0 Å². The highest BCUT2D eigenvalue weighted by Crippen LogP contribution is 2.58. The van der Waals surface area contributed by atoms with Crippen LogP contribution in [-0.4, -0.2) is 30.3 Å². The molecule has 2 aliphatic rings. The largest absolute Gasteiger partial charge is 0.486 e. The SMILES string of the molecule is C=CC[C@]1(C)c2ccccc2N(CCC)[C@]1(Cc1ccccc1)B1OC(C)(C)C(C)(C)O1. The second-order valence-electron chi connectivity index (χ2n) is 10.7. The summed E-state index contributed by atoms with van der Waals surface area (Å²) in [7, 11) is -0.378. The molecule has 0 aliphatic carbocycles. The molecule has 0 amide bonds. The van der Waals surface area contributed by atoms with Crippen molar-refractivity contribution in [1.29, 1.82) is 0 Å². The molecule has 3 nitrogen and oxygen atoms in total. The van der Waals surface area contributed by atoms with Crippen molar-refractivity contribution in [1.82, 2.24) is 0 Å². The van der Waals surface area contributed by atoms with Gasteiger partial charge in [-0.15, -0.1) is 6.58 Å². The monoisotopic (exact) mass is 431 g/mol. The van der Waals surface area contributed by atoms with Gasteiger partial charge in [0.15, 0.2) is 0 Å². The zero-order chi connectivity index (χ0) is 23.2. The van der Waals surface area contributed by atoms with Crippen LogP contribution in [0.5, 0.6) is 0 Å². The van der Waals surface area contributed by atoms with Crippen molar-refractivity contribution in [2.24, 2.45) is 0 Å². The van der Waals surface area contributed by atoms with Crippen LogP contribution in [0, 0.1) is 0 Å². The fourth-order valence-corrected chi connectivity index (χ4v) is 5.75. The number of anilines is 1. The van der Waals surface area contributed by atoms with Crippen molar-refractivity contribution in [3.05, 3.63) is 78.4 Å². The van der Waals surface area contributed by atoms with Gasteiger partial charge in [-0.05, 0) is 64.2 Å². The molecule has 0 bridgehead atoms. The van der Waals surface area contributed by atoms with Gasteiger partial charge in [-0.25, -0.2) is 0 Å². The summed E-state index contributed by atoms with van der Waals surface area (Å²) < 4.78 is 13.7. The first-order chi connectivity index (χ1) is 15.1. The van der Waals surface area contributed by atoms with Crippen LogP contribution >= 0.6 is 0 Å². The first-order valence-corrected chi connectivity index (χ1v) is 12.0. The average Bonchev–Trinajstić information content (AvgIpc) is 3.09. The quantitative estimate of drug-likeness (QED) is 0.376. The van der Waals surface area contributed by atoms with Gasteiger partial charge < -0.3 is 14.2 Å². The van der Waals surface area contributed by atoms with E-state index in [1.165, 1.54) is 16.8 Å². The van der Waals surface area contributed by atoms with Gasteiger partial charge >= 0.3 is 7.12 Å². The Morgan fingerprint density at radius 3 is 2.09 bits per heavy atom. The molecule has 2 atom stereocenters. The van der Waals surface area contributed by atoms with E-state index in [0.717, 1.165) is 25.8 Å². The topological polar surface area (TPSA) is 21.7 Å². The zero-order valence-electron chi connectivity index (χ0n) is 20.7. The van der Waals surface area contributed by atoms with Gasteiger partial charge in [-0.1, -0.05) is 68.5 Å². The maximum absolute atomic E-state index is 6.87.